The molecule has 0 heterocycles. The molecule has 1 N–H and O–H groups in total. The standard InChI is InChI=1S/C36H40BrN3O4S/c1-26(2)23-38-36(42)34(22-29-11-7-5-8-12-29)39(24-30-17-19-31(37)20-18-30)35(41)25-40(33-21-27(3)15-16-28(33)4)45(43,44)32-13-9-6-10-14-32/h5-21,26,34H,22-25H2,1-4H3,(H,38,42). The lowest BCUT2D eigenvalue weighted by molar-refractivity contribution is -0.140. The van der Waals surface area contributed by atoms with E-state index in [1.807, 2.05) is 94.4 Å². The van der Waals surface area contributed by atoms with Gasteiger partial charge in [-0.3, -0.25) is 13.9 Å². The molecule has 236 valence electrons. The molecule has 0 saturated carbocycles. The molecule has 0 saturated heterocycles. The quantitative estimate of drug-likeness (QED) is 0.170. The lowest BCUT2D eigenvalue weighted by Crippen LogP contribution is -2.53. The van der Waals surface area contributed by atoms with Gasteiger partial charge in [0.1, 0.15) is 12.6 Å². The van der Waals surface area contributed by atoms with Gasteiger partial charge < -0.3 is 10.2 Å². The van der Waals surface area contributed by atoms with Crippen LogP contribution >= 0.6 is 15.9 Å². The van der Waals surface area contributed by atoms with Crippen molar-refractivity contribution in [1.82, 2.24) is 10.2 Å². The summed E-state index contributed by atoms with van der Waals surface area (Å²) in [5, 5.41) is 3.02. The van der Waals surface area contributed by atoms with Crippen molar-refractivity contribution in [2.24, 2.45) is 5.92 Å². The summed E-state index contributed by atoms with van der Waals surface area (Å²) >= 11 is 3.47. The molecule has 0 aliphatic heterocycles. The van der Waals surface area contributed by atoms with E-state index in [9.17, 15) is 18.0 Å². The molecule has 0 spiro atoms. The summed E-state index contributed by atoms with van der Waals surface area (Å²) in [7, 11) is -4.15. The summed E-state index contributed by atoms with van der Waals surface area (Å²) in [5.41, 5.74) is 3.69. The van der Waals surface area contributed by atoms with Crippen LogP contribution in [0.4, 0.5) is 5.69 Å². The van der Waals surface area contributed by atoms with Gasteiger partial charge in [0.05, 0.1) is 10.6 Å². The number of nitrogens with one attached hydrogen (secondary N) is 1. The van der Waals surface area contributed by atoms with E-state index in [2.05, 4.69) is 21.2 Å². The SMILES string of the molecule is Cc1ccc(C)c(N(CC(=O)N(Cc2ccc(Br)cc2)C(Cc2ccccc2)C(=O)NCC(C)C)S(=O)(=O)c2ccccc2)c1. The number of rotatable bonds is 13. The average Bonchev–Trinajstić information content (AvgIpc) is 3.03. The van der Waals surface area contributed by atoms with Gasteiger partial charge in [-0.1, -0.05) is 103 Å². The van der Waals surface area contributed by atoms with Crippen molar-refractivity contribution >= 4 is 43.5 Å². The van der Waals surface area contributed by atoms with E-state index >= 15 is 0 Å². The van der Waals surface area contributed by atoms with Gasteiger partial charge in [-0.05, 0) is 72.4 Å². The average molecular weight is 691 g/mol. The first-order chi connectivity index (χ1) is 21.5. The number of aryl methyl sites for hydroxylation is 2. The molecular formula is C36H40BrN3O4S. The van der Waals surface area contributed by atoms with Crippen LogP contribution in [-0.4, -0.2) is 44.3 Å². The van der Waals surface area contributed by atoms with Crippen LogP contribution in [0.25, 0.3) is 0 Å². The minimum Gasteiger partial charge on any atom is -0.354 e. The van der Waals surface area contributed by atoms with E-state index in [1.54, 1.807) is 24.3 Å². The molecule has 1 atom stereocenters. The normalized spacial score (nSPS) is 12.0. The second-order valence-corrected chi connectivity index (χ2v) is 14.4. The van der Waals surface area contributed by atoms with E-state index in [0.717, 1.165) is 21.2 Å². The van der Waals surface area contributed by atoms with Crippen molar-refractivity contribution in [3.8, 4) is 0 Å². The number of carbonyl (C=O) groups is 2. The van der Waals surface area contributed by atoms with Crippen LogP contribution in [0.2, 0.25) is 0 Å². The van der Waals surface area contributed by atoms with Gasteiger partial charge >= 0.3 is 0 Å². The number of hydrogen-bond donors (Lipinski definition) is 1. The Morgan fingerprint density at radius 1 is 0.822 bits per heavy atom. The fourth-order valence-corrected chi connectivity index (χ4v) is 6.74. The Morgan fingerprint density at radius 3 is 2.07 bits per heavy atom. The molecule has 0 aliphatic carbocycles. The van der Waals surface area contributed by atoms with Crippen LogP contribution in [0.5, 0.6) is 0 Å². The maximum Gasteiger partial charge on any atom is 0.264 e. The van der Waals surface area contributed by atoms with Crippen LogP contribution in [0.3, 0.4) is 0 Å². The van der Waals surface area contributed by atoms with Crippen molar-refractivity contribution < 1.29 is 18.0 Å². The minimum atomic E-state index is -4.15. The first-order valence-corrected chi connectivity index (χ1v) is 17.2. The molecule has 7 nitrogen and oxygen atoms in total. The van der Waals surface area contributed by atoms with Crippen molar-refractivity contribution in [3.05, 3.63) is 130 Å². The number of carbonyl (C=O) groups excluding carboxylic acids is 2. The Morgan fingerprint density at radius 2 is 1.44 bits per heavy atom. The smallest absolute Gasteiger partial charge is 0.264 e. The molecule has 9 heteroatoms. The molecule has 0 aliphatic rings. The molecule has 0 radical (unpaired) electrons. The van der Waals surface area contributed by atoms with Crippen LogP contribution in [0.1, 0.15) is 36.1 Å². The van der Waals surface area contributed by atoms with Crippen molar-refractivity contribution in [1.29, 1.82) is 0 Å². The highest BCUT2D eigenvalue weighted by Crippen LogP contribution is 2.29. The molecule has 45 heavy (non-hydrogen) atoms. The Bertz CT molecular complexity index is 1700. The fraction of sp³-hybridized carbons (Fsp3) is 0.278. The summed E-state index contributed by atoms with van der Waals surface area (Å²) in [6.45, 7) is 7.80. The predicted octanol–water partition coefficient (Wildman–Crippen LogP) is 6.67. The summed E-state index contributed by atoms with van der Waals surface area (Å²) < 4.78 is 30.4. The number of anilines is 1. The number of amides is 2. The topological polar surface area (TPSA) is 86.8 Å². The maximum atomic E-state index is 14.6. The van der Waals surface area contributed by atoms with Gasteiger partial charge in [0.25, 0.3) is 10.0 Å². The molecule has 4 aromatic rings. The van der Waals surface area contributed by atoms with E-state index in [-0.39, 0.29) is 29.7 Å². The number of hydrogen-bond acceptors (Lipinski definition) is 4. The van der Waals surface area contributed by atoms with Gasteiger partial charge in [0.2, 0.25) is 11.8 Å². The molecule has 0 bridgehead atoms. The highest BCUT2D eigenvalue weighted by Gasteiger charge is 2.35. The number of halogens is 1. The van der Waals surface area contributed by atoms with Gasteiger partial charge in [-0.2, -0.15) is 0 Å². The monoisotopic (exact) mass is 689 g/mol. The van der Waals surface area contributed by atoms with Gasteiger partial charge in [-0.25, -0.2) is 8.42 Å². The van der Waals surface area contributed by atoms with Crippen LogP contribution in [-0.2, 0) is 32.6 Å². The molecule has 2 amide bonds. The van der Waals surface area contributed by atoms with Gasteiger partial charge in [0, 0.05) is 24.0 Å². The Hall–Kier alpha value is -3.95. The Balaban J connectivity index is 1.82. The first kappa shape index (κ1) is 33.9. The third-order valence-corrected chi connectivity index (χ3v) is 9.77. The predicted molar refractivity (Wildman–Crippen MR) is 183 cm³/mol. The minimum absolute atomic E-state index is 0.0775. The second-order valence-electron chi connectivity index (χ2n) is 11.6. The van der Waals surface area contributed by atoms with Crippen molar-refractivity contribution in [3.63, 3.8) is 0 Å². The van der Waals surface area contributed by atoms with Crippen molar-refractivity contribution in [2.45, 2.75) is 51.6 Å². The number of benzene rings is 4. The van der Waals surface area contributed by atoms with Gasteiger partial charge in [0.15, 0.2) is 0 Å². The summed E-state index contributed by atoms with van der Waals surface area (Å²) in [5.74, 6) is -0.570. The van der Waals surface area contributed by atoms with Crippen LogP contribution in [0.15, 0.2) is 112 Å². The van der Waals surface area contributed by atoms with E-state index in [4.69, 9.17) is 0 Å². The van der Waals surface area contributed by atoms with Crippen LogP contribution in [0, 0.1) is 19.8 Å². The maximum absolute atomic E-state index is 14.6. The molecule has 4 rings (SSSR count). The Labute approximate surface area is 275 Å². The summed E-state index contributed by atoms with van der Waals surface area (Å²) in [6, 6.07) is 29.8. The third-order valence-electron chi connectivity index (χ3n) is 7.47. The highest BCUT2D eigenvalue weighted by atomic mass is 79.9. The van der Waals surface area contributed by atoms with E-state index in [1.165, 1.54) is 21.3 Å². The van der Waals surface area contributed by atoms with E-state index in [0.29, 0.717) is 17.8 Å². The number of nitrogens with zero attached hydrogens (tertiary/aromatic N) is 2. The van der Waals surface area contributed by atoms with Crippen molar-refractivity contribution in [2.75, 3.05) is 17.4 Å². The Kier molecular flexibility index (Phi) is 11.6. The lowest BCUT2D eigenvalue weighted by atomic mass is 10.0. The molecule has 0 fully saturated rings. The molecule has 4 aromatic carbocycles. The first-order valence-electron chi connectivity index (χ1n) is 15.0. The lowest BCUT2D eigenvalue weighted by Gasteiger charge is -2.34. The molecule has 0 aromatic heterocycles. The summed E-state index contributed by atoms with van der Waals surface area (Å²) in [4.78, 5) is 30.0. The fourth-order valence-electron chi connectivity index (χ4n) is 4.98. The molecular weight excluding hydrogens is 650 g/mol. The zero-order valence-electron chi connectivity index (χ0n) is 26.1. The zero-order chi connectivity index (χ0) is 32.6. The largest absolute Gasteiger partial charge is 0.354 e. The molecule has 1 unspecified atom stereocenters. The summed E-state index contributed by atoms with van der Waals surface area (Å²) in [6.07, 6.45) is 0.266. The zero-order valence-corrected chi connectivity index (χ0v) is 28.5. The number of sulfonamides is 1. The third kappa shape index (κ3) is 9.05. The highest BCUT2D eigenvalue weighted by molar-refractivity contribution is 9.10. The van der Waals surface area contributed by atoms with Crippen LogP contribution < -0.4 is 9.62 Å². The van der Waals surface area contributed by atoms with E-state index < -0.39 is 28.5 Å². The van der Waals surface area contributed by atoms with Gasteiger partial charge in [-0.15, -0.1) is 0 Å². The second kappa shape index (κ2) is 15.4.